The van der Waals surface area contributed by atoms with Crippen LogP contribution in [0.25, 0.3) is 11.0 Å². The van der Waals surface area contributed by atoms with Gasteiger partial charge in [0, 0.05) is 116 Å². The fourth-order valence-electron chi connectivity index (χ4n) is 7.39. The summed E-state index contributed by atoms with van der Waals surface area (Å²) in [6.45, 7) is 4.03. The number of nitrogens with one attached hydrogen (secondary N) is 2. The minimum atomic E-state index is -3.41. The molecule has 0 saturated heterocycles. The van der Waals surface area contributed by atoms with Crippen molar-refractivity contribution in [3.05, 3.63) is 182 Å². The van der Waals surface area contributed by atoms with Gasteiger partial charge in [0.15, 0.2) is 28.9 Å². The van der Waals surface area contributed by atoms with Gasteiger partial charge >= 0.3 is 0 Å². The third-order valence-corrected chi connectivity index (χ3v) is 18.2. The number of nitrogens with two attached hydrogens (primary N) is 1. The van der Waals surface area contributed by atoms with Crippen LogP contribution >= 0.6 is 22.6 Å². The third kappa shape index (κ3) is 28.7. The van der Waals surface area contributed by atoms with Gasteiger partial charge in [-0.3, -0.25) is 51.1 Å². The van der Waals surface area contributed by atoms with Gasteiger partial charge in [-0.2, -0.15) is 0 Å². The number of phenols is 5. The Labute approximate surface area is 588 Å². The van der Waals surface area contributed by atoms with E-state index in [1.807, 2.05) is 22.6 Å². The van der Waals surface area contributed by atoms with Crippen LogP contribution < -0.4 is 33.5 Å². The molecule has 0 saturated carbocycles. The Morgan fingerprint density at radius 1 is 0.444 bits per heavy atom. The maximum atomic E-state index is 11.8. The van der Waals surface area contributed by atoms with E-state index in [1.54, 1.807) is 68.6 Å². The Kier molecular flexibility index (Phi) is 31.2. The normalized spacial score (nSPS) is 11.2. The van der Waals surface area contributed by atoms with E-state index in [1.165, 1.54) is 151 Å². The quantitative estimate of drug-likeness (QED) is 0.0175. The number of aromatic hydroxyl groups is 5. The summed E-state index contributed by atoms with van der Waals surface area (Å²) in [7, 11) is -5.62. The van der Waals surface area contributed by atoms with Crippen molar-refractivity contribution in [2.75, 3.05) is 109 Å². The number of carbonyl (C=O) groups is 5. The molecule has 7 rings (SSSR count). The first-order valence-corrected chi connectivity index (χ1v) is 38.4. The largest absolute Gasteiger partial charge is 0.507 e. The van der Waals surface area contributed by atoms with Crippen LogP contribution in [0.1, 0.15) is 72.6 Å². The van der Waals surface area contributed by atoms with E-state index in [4.69, 9.17) is 15.3 Å². The third-order valence-electron chi connectivity index (χ3n) is 12.6. The molecular weight excluding hydrogens is 1510 g/mol. The predicted octanol–water partition coefficient (Wildman–Crippen LogP) is 7.00. The number of allylic oxidation sites excluding steroid dienone is 2. The Balaban J connectivity index is 0.000000408. The number of nitrogen functional groups attached to an aromatic ring is 1. The zero-order valence-corrected chi connectivity index (χ0v) is 62.4. The number of ketones is 5. The number of phenolic OH excluding ortho intramolecular Hbond substituents is 5. The standard InChI is InChI=1S/2C13H18N2O4S.C11H10INO4S.2C9H11NO4S.C8H9NO2/c2*1-14(2)8-7-12(16)11-6-5-10(9-13(11)17)15(3)20(4,18)19;1-13(18(2,15)16)7-3-4-8-10(5-7)17-6-9(12)11(8)14;2*1-6(11)8-4-3-7(5-9(8)12)10-15(2,13)14;1-5(10)7-3-2-6(9)4-8(7)11/h2*5-9,17H,1-4H3;3-6H,1-2H3;2*3-5,10,12H,1-2H3;2-4,11H,9H2,1H3/b2*8-7+;;;;. The average molecular weight is 1590 g/mol. The maximum absolute atomic E-state index is 11.8. The van der Waals surface area contributed by atoms with Crippen LogP contribution in [0.2, 0.25) is 0 Å². The average Bonchev–Trinajstić information content (AvgIpc) is 0.803. The maximum Gasteiger partial charge on any atom is 0.231 e. The van der Waals surface area contributed by atoms with Gasteiger partial charge in [-0.05, 0) is 116 Å². The van der Waals surface area contributed by atoms with Gasteiger partial charge in [0.05, 0.1) is 96.5 Å². The number of carbonyl (C=O) groups excluding carboxylic acids is 5. The van der Waals surface area contributed by atoms with E-state index < -0.39 is 50.1 Å². The fraction of sp³-hybridized carbons (Fsp3) is 0.238. The SMILES string of the molecule is CC(=O)c1ccc(N)cc1O.CC(=O)c1ccc(NS(C)(=O)=O)cc1O.CC(=O)c1ccc(NS(C)(=O)=O)cc1O.CN(C)/C=C/C(=O)c1ccc(N(C)S(C)(=O)=O)cc1O.CN(C)/C=C/C(=O)c1ccc(N(C)S(C)(=O)=O)cc1O.CN(c1ccc2c(=O)c(I)coc2c1)S(C)(=O)=O. The lowest BCUT2D eigenvalue weighted by Crippen LogP contribution is -2.24. The second-order valence-electron chi connectivity index (χ2n) is 21.6. The molecule has 0 radical (unpaired) electrons. The van der Waals surface area contributed by atoms with Crippen molar-refractivity contribution in [2.24, 2.45) is 0 Å². The topological polar surface area (TPSA) is 454 Å². The molecule has 30 nitrogen and oxygen atoms in total. The van der Waals surface area contributed by atoms with Crippen LogP contribution in [0.15, 0.2) is 149 Å². The summed E-state index contributed by atoms with van der Waals surface area (Å²) in [5.41, 5.74) is 8.40. The first-order chi connectivity index (χ1) is 45.2. The van der Waals surface area contributed by atoms with Crippen LogP contribution in [-0.4, -0.2) is 187 Å². The number of nitrogens with zero attached hydrogens (tertiary/aromatic N) is 5. The van der Waals surface area contributed by atoms with Crippen molar-refractivity contribution in [3.63, 3.8) is 0 Å². The van der Waals surface area contributed by atoms with E-state index in [0.717, 1.165) is 44.2 Å². The van der Waals surface area contributed by atoms with Crippen LogP contribution in [0.5, 0.6) is 28.7 Å². The van der Waals surface area contributed by atoms with Crippen LogP contribution in [0.4, 0.5) is 34.1 Å². The summed E-state index contributed by atoms with van der Waals surface area (Å²) in [6, 6.07) is 25.3. The van der Waals surface area contributed by atoms with E-state index in [9.17, 15) is 91.3 Å². The molecule has 0 amide bonds. The smallest absolute Gasteiger partial charge is 0.231 e. The molecule has 1 heterocycles. The lowest BCUT2D eigenvalue weighted by molar-refractivity contribution is 0.100. The molecule has 7 aromatic rings. The highest BCUT2D eigenvalue weighted by molar-refractivity contribution is 14.1. The Hall–Kier alpha value is -9.76. The number of rotatable bonds is 19. The molecule has 1 aromatic heterocycles. The number of hydrogen-bond acceptors (Lipinski definition) is 25. The van der Waals surface area contributed by atoms with Gasteiger partial charge in [-0.1, -0.05) is 0 Å². The number of benzene rings is 6. The predicted molar refractivity (Wildman–Crippen MR) is 391 cm³/mol. The molecule has 0 spiro atoms. The van der Waals surface area contributed by atoms with Crippen molar-refractivity contribution in [3.8, 4) is 28.7 Å². The second-order valence-corrected chi connectivity index (χ2v) is 32.3. The van der Waals surface area contributed by atoms with Gasteiger partial charge in [-0.25, -0.2) is 42.1 Å². The van der Waals surface area contributed by atoms with Crippen LogP contribution in [-0.2, 0) is 50.1 Å². The van der Waals surface area contributed by atoms with Crippen LogP contribution in [0, 0.1) is 3.57 Å². The molecule has 0 aliphatic carbocycles. The van der Waals surface area contributed by atoms with Gasteiger partial charge in [0.1, 0.15) is 40.6 Å². The Morgan fingerprint density at radius 2 is 0.747 bits per heavy atom. The van der Waals surface area contributed by atoms with E-state index >= 15 is 0 Å². The monoisotopic (exact) mass is 1580 g/mol. The van der Waals surface area contributed by atoms with Gasteiger partial charge in [0.25, 0.3) is 0 Å². The summed E-state index contributed by atoms with van der Waals surface area (Å²) in [5, 5.41) is 48.1. The van der Waals surface area contributed by atoms with Crippen molar-refractivity contribution >= 4 is 147 Å². The molecule has 36 heteroatoms. The molecule has 538 valence electrons. The molecule has 0 fully saturated rings. The first kappa shape index (κ1) is 85.3. The number of fused-ring (bicyclic) bond motifs is 1. The van der Waals surface area contributed by atoms with Crippen molar-refractivity contribution < 1.29 is 96.0 Å². The zero-order chi connectivity index (χ0) is 76.2. The Bertz CT molecular complexity index is 4670. The lowest BCUT2D eigenvalue weighted by atomic mass is 10.1. The molecule has 0 bridgehead atoms. The summed E-state index contributed by atoms with van der Waals surface area (Å²) in [4.78, 5) is 71.6. The van der Waals surface area contributed by atoms with Crippen molar-refractivity contribution in [1.29, 1.82) is 0 Å². The minimum absolute atomic E-state index is 0.0579. The molecule has 0 unspecified atom stereocenters. The number of hydrogen-bond donors (Lipinski definition) is 8. The summed E-state index contributed by atoms with van der Waals surface area (Å²) >= 11 is 1.89. The van der Waals surface area contributed by atoms with Crippen LogP contribution in [0.3, 0.4) is 0 Å². The molecule has 9 N–H and O–H groups in total. The molecule has 6 aromatic carbocycles. The second kappa shape index (κ2) is 36.2. The molecule has 99 heavy (non-hydrogen) atoms. The highest BCUT2D eigenvalue weighted by Crippen LogP contribution is 2.29. The van der Waals surface area contributed by atoms with Crippen molar-refractivity contribution in [2.45, 2.75) is 20.8 Å². The summed E-state index contributed by atoms with van der Waals surface area (Å²) in [6.07, 6.45) is 12.4. The summed E-state index contributed by atoms with van der Waals surface area (Å²) in [5.74, 6) is -2.49. The number of anilines is 6. The fourth-order valence-corrected chi connectivity index (χ4v) is 10.4. The minimum Gasteiger partial charge on any atom is -0.507 e. The Morgan fingerprint density at radius 3 is 1.04 bits per heavy atom. The van der Waals surface area contributed by atoms with E-state index in [2.05, 4.69) is 9.44 Å². The first-order valence-electron chi connectivity index (χ1n) is 28.0. The number of halogens is 1. The molecule has 0 aliphatic rings. The molecule has 0 aliphatic heterocycles. The van der Waals surface area contributed by atoms with E-state index in [-0.39, 0.29) is 108 Å². The molecular formula is C63H77IN8O22S5. The molecule has 0 atom stereocenters. The lowest BCUT2D eigenvalue weighted by Gasteiger charge is -2.17. The van der Waals surface area contributed by atoms with E-state index in [0.29, 0.717) is 31.5 Å². The summed E-state index contributed by atoms with van der Waals surface area (Å²) < 4.78 is 125. The van der Waals surface area contributed by atoms with Gasteiger partial charge < -0.3 is 45.5 Å². The number of Topliss-reactive ketones (excluding diaryl/α,β-unsaturated/α-hetero) is 3. The van der Waals surface area contributed by atoms with Gasteiger partial charge in [0.2, 0.25) is 55.5 Å². The van der Waals surface area contributed by atoms with Gasteiger partial charge in [-0.15, -0.1) is 0 Å². The highest BCUT2D eigenvalue weighted by Gasteiger charge is 2.19. The van der Waals surface area contributed by atoms with Crippen molar-refractivity contribution in [1.82, 2.24) is 9.80 Å². The number of sulfonamides is 5. The zero-order valence-electron chi connectivity index (χ0n) is 56.2. The highest BCUT2D eigenvalue weighted by atomic mass is 127.